The Morgan fingerprint density at radius 1 is 1.24 bits per heavy atom. The average molecular weight is 284 g/mol. The van der Waals surface area contributed by atoms with E-state index in [4.69, 9.17) is 0 Å². The number of nitrogens with zero attached hydrogens (tertiary/aromatic N) is 1. The van der Waals surface area contributed by atoms with Gasteiger partial charge >= 0.3 is 0 Å². The van der Waals surface area contributed by atoms with Crippen LogP contribution in [-0.2, 0) is 12.0 Å². The Labute approximate surface area is 122 Å². The zero-order valence-corrected chi connectivity index (χ0v) is 11.7. The van der Waals surface area contributed by atoms with Crippen LogP contribution in [0.5, 0.6) is 5.75 Å². The molecule has 3 rings (SSSR count). The lowest BCUT2D eigenvalue weighted by Gasteiger charge is -2.37. The highest BCUT2D eigenvalue weighted by atomic mass is 16.6. The van der Waals surface area contributed by atoms with Gasteiger partial charge in [0, 0.05) is 18.7 Å². The van der Waals surface area contributed by atoms with Crippen LogP contribution in [0.3, 0.4) is 0 Å². The predicted molar refractivity (Wildman–Crippen MR) is 79.4 cm³/mol. The van der Waals surface area contributed by atoms with Crippen molar-refractivity contribution in [3.8, 4) is 5.75 Å². The number of rotatable bonds is 2. The molecule has 21 heavy (non-hydrogen) atoms. The Kier molecular flexibility index (Phi) is 3.14. The van der Waals surface area contributed by atoms with Crippen LogP contribution in [0.25, 0.3) is 0 Å². The highest BCUT2D eigenvalue weighted by Crippen LogP contribution is 2.36. The maximum atomic E-state index is 10.8. The highest BCUT2D eigenvalue weighted by molar-refractivity contribution is 5.48. The molecular formula is C16H16N2O3. The third-order valence-electron chi connectivity index (χ3n) is 4.16. The second-order valence-electron chi connectivity index (χ2n) is 5.45. The minimum absolute atomic E-state index is 0.0871. The van der Waals surface area contributed by atoms with Crippen LogP contribution in [0.2, 0.25) is 0 Å². The minimum Gasteiger partial charge on any atom is -0.508 e. The van der Waals surface area contributed by atoms with Gasteiger partial charge in [-0.25, -0.2) is 0 Å². The van der Waals surface area contributed by atoms with Crippen LogP contribution >= 0.6 is 0 Å². The molecule has 2 aromatic rings. The Morgan fingerprint density at radius 3 is 2.62 bits per heavy atom. The van der Waals surface area contributed by atoms with Gasteiger partial charge in [0.25, 0.3) is 5.69 Å². The van der Waals surface area contributed by atoms with E-state index in [1.165, 1.54) is 12.1 Å². The van der Waals surface area contributed by atoms with Gasteiger partial charge in [-0.15, -0.1) is 0 Å². The third-order valence-corrected chi connectivity index (χ3v) is 4.16. The number of nitro benzene ring substituents is 1. The summed E-state index contributed by atoms with van der Waals surface area (Å²) in [6, 6.07) is 12.0. The fourth-order valence-electron chi connectivity index (χ4n) is 2.99. The lowest BCUT2D eigenvalue weighted by Crippen LogP contribution is -2.45. The number of fused-ring (bicyclic) bond motifs is 1. The van der Waals surface area contributed by atoms with Gasteiger partial charge in [-0.05, 0) is 42.2 Å². The van der Waals surface area contributed by atoms with Crippen LogP contribution in [0.1, 0.15) is 23.6 Å². The first-order valence-corrected chi connectivity index (χ1v) is 6.83. The molecule has 1 heterocycles. The topological polar surface area (TPSA) is 75.4 Å². The fourth-order valence-corrected chi connectivity index (χ4v) is 2.99. The summed E-state index contributed by atoms with van der Waals surface area (Å²) in [4.78, 5) is 10.4. The molecule has 1 aliphatic heterocycles. The summed E-state index contributed by atoms with van der Waals surface area (Å²) in [5.41, 5.74) is 2.86. The Balaban J connectivity index is 2.07. The van der Waals surface area contributed by atoms with Gasteiger partial charge < -0.3 is 10.4 Å². The molecule has 0 saturated carbocycles. The number of non-ortho nitro benzene ring substituents is 1. The first-order valence-electron chi connectivity index (χ1n) is 6.83. The van der Waals surface area contributed by atoms with E-state index in [0.29, 0.717) is 0 Å². The largest absolute Gasteiger partial charge is 0.508 e. The summed E-state index contributed by atoms with van der Waals surface area (Å²) in [5, 5.41) is 23.9. The number of nitro groups is 1. The molecule has 5 heteroatoms. The number of hydrogen-bond donors (Lipinski definition) is 2. The molecule has 1 atom stereocenters. The third kappa shape index (κ3) is 2.25. The molecule has 1 aliphatic rings. The normalized spacial score (nSPS) is 20.8. The van der Waals surface area contributed by atoms with Gasteiger partial charge in [0.05, 0.1) is 10.5 Å². The maximum absolute atomic E-state index is 10.8. The van der Waals surface area contributed by atoms with Crippen molar-refractivity contribution in [3.63, 3.8) is 0 Å². The first kappa shape index (κ1) is 13.6. The molecule has 0 aliphatic carbocycles. The zero-order chi connectivity index (χ0) is 15.0. The van der Waals surface area contributed by atoms with E-state index in [9.17, 15) is 15.2 Å². The molecule has 2 aromatic carbocycles. The fraction of sp³-hybridized carbons (Fsp3) is 0.250. The smallest absolute Gasteiger partial charge is 0.269 e. The van der Waals surface area contributed by atoms with Crippen molar-refractivity contribution < 1.29 is 10.0 Å². The van der Waals surface area contributed by atoms with Crippen molar-refractivity contribution in [1.29, 1.82) is 0 Å². The van der Waals surface area contributed by atoms with E-state index in [2.05, 4.69) is 12.2 Å². The number of benzene rings is 2. The van der Waals surface area contributed by atoms with Gasteiger partial charge in [-0.2, -0.15) is 0 Å². The number of aromatic hydroxyl groups is 1. The molecular weight excluding hydrogens is 268 g/mol. The molecule has 0 saturated heterocycles. The molecule has 0 bridgehead atoms. The zero-order valence-electron chi connectivity index (χ0n) is 11.7. The van der Waals surface area contributed by atoms with Crippen molar-refractivity contribution in [3.05, 3.63) is 69.3 Å². The molecule has 0 fully saturated rings. The SMILES string of the molecule is CC1(c2ccc([N+](=O)[O-])cc2)NCCc2cc(O)ccc21. The Hall–Kier alpha value is -2.40. The van der Waals surface area contributed by atoms with Crippen LogP contribution in [0, 0.1) is 10.1 Å². The molecule has 5 nitrogen and oxygen atoms in total. The van der Waals surface area contributed by atoms with Crippen molar-refractivity contribution in [1.82, 2.24) is 5.32 Å². The number of phenolic OH excluding ortho intramolecular Hbond substituents is 1. The van der Waals surface area contributed by atoms with E-state index in [-0.39, 0.29) is 11.4 Å². The second-order valence-corrected chi connectivity index (χ2v) is 5.45. The molecule has 108 valence electrons. The minimum atomic E-state index is -0.406. The first-order chi connectivity index (χ1) is 10.0. The predicted octanol–water partition coefficient (Wildman–Crippen LogP) is 2.71. The van der Waals surface area contributed by atoms with Crippen LogP contribution in [0.15, 0.2) is 42.5 Å². The number of hydrogen-bond acceptors (Lipinski definition) is 4. The molecule has 2 N–H and O–H groups in total. The van der Waals surface area contributed by atoms with E-state index in [1.54, 1.807) is 24.3 Å². The summed E-state index contributed by atoms with van der Waals surface area (Å²) < 4.78 is 0. The Morgan fingerprint density at radius 2 is 1.95 bits per heavy atom. The highest BCUT2D eigenvalue weighted by Gasteiger charge is 2.33. The summed E-state index contributed by atoms with van der Waals surface area (Å²) in [6.45, 7) is 2.85. The summed E-state index contributed by atoms with van der Waals surface area (Å²) >= 11 is 0. The molecule has 0 spiro atoms. The monoisotopic (exact) mass is 284 g/mol. The lowest BCUT2D eigenvalue weighted by atomic mass is 9.78. The molecule has 1 unspecified atom stereocenters. The summed E-state index contributed by atoms with van der Waals surface area (Å²) in [6.07, 6.45) is 0.853. The van der Waals surface area contributed by atoms with E-state index in [1.807, 2.05) is 6.07 Å². The van der Waals surface area contributed by atoms with E-state index < -0.39 is 10.5 Å². The van der Waals surface area contributed by atoms with E-state index >= 15 is 0 Å². The Bertz CT molecular complexity index is 697. The van der Waals surface area contributed by atoms with Crippen LogP contribution in [-0.4, -0.2) is 16.6 Å². The second kappa shape index (κ2) is 4.86. The standard InChI is InChI=1S/C16H16N2O3/c1-16(12-2-4-13(5-3-12)18(20)21)15-7-6-14(19)10-11(15)8-9-17-16/h2-7,10,17,19H,8-9H2,1H3. The summed E-state index contributed by atoms with van der Waals surface area (Å²) in [5.74, 6) is 0.265. The van der Waals surface area contributed by atoms with Gasteiger partial charge in [0.15, 0.2) is 0 Å². The van der Waals surface area contributed by atoms with Gasteiger partial charge in [-0.1, -0.05) is 18.2 Å². The number of nitrogens with one attached hydrogen (secondary N) is 1. The van der Waals surface area contributed by atoms with Gasteiger partial charge in [0.2, 0.25) is 0 Å². The van der Waals surface area contributed by atoms with Gasteiger partial charge in [0.1, 0.15) is 5.75 Å². The number of phenols is 1. The van der Waals surface area contributed by atoms with Crippen molar-refractivity contribution >= 4 is 5.69 Å². The molecule has 0 radical (unpaired) electrons. The van der Waals surface area contributed by atoms with Crippen LogP contribution < -0.4 is 5.32 Å². The van der Waals surface area contributed by atoms with Crippen LogP contribution in [0.4, 0.5) is 5.69 Å². The quantitative estimate of drug-likeness (QED) is 0.656. The van der Waals surface area contributed by atoms with Crippen molar-refractivity contribution in [2.24, 2.45) is 0 Å². The molecule has 0 amide bonds. The van der Waals surface area contributed by atoms with Gasteiger partial charge in [-0.3, -0.25) is 10.1 Å². The van der Waals surface area contributed by atoms with E-state index in [0.717, 1.165) is 29.7 Å². The lowest BCUT2D eigenvalue weighted by molar-refractivity contribution is -0.384. The molecule has 0 aromatic heterocycles. The average Bonchev–Trinajstić information content (AvgIpc) is 2.47. The summed E-state index contributed by atoms with van der Waals surface area (Å²) in [7, 11) is 0. The maximum Gasteiger partial charge on any atom is 0.269 e. The van der Waals surface area contributed by atoms with Crippen molar-refractivity contribution in [2.75, 3.05) is 6.54 Å². The van der Waals surface area contributed by atoms with Crippen molar-refractivity contribution in [2.45, 2.75) is 18.9 Å².